The van der Waals surface area contributed by atoms with Crippen LogP contribution in [0.3, 0.4) is 0 Å². The summed E-state index contributed by atoms with van der Waals surface area (Å²) in [4.78, 5) is 0. The molecular weight excluding hydrogens is 488 g/mol. The van der Waals surface area contributed by atoms with Gasteiger partial charge in [0.1, 0.15) is 24.4 Å². The van der Waals surface area contributed by atoms with Gasteiger partial charge >= 0.3 is 0 Å². The molecule has 14 heteroatoms. The van der Waals surface area contributed by atoms with E-state index < -0.39 is 63.2 Å². The first-order valence-corrected chi connectivity index (χ1v) is 12.0. The van der Waals surface area contributed by atoms with E-state index in [9.17, 15) is 20.4 Å². The predicted molar refractivity (Wildman–Crippen MR) is 124 cm³/mol. The summed E-state index contributed by atoms with van der Waals surface area (Å²) in [5, 5.41) is 73.2. The summed E-state index contributed by atoms with van der Waals surface area (Å²) in [6.07, 6.45) is -5.20. The Morgan fingerprint density at radius 1 is 0.500 bits per heavy atom. The SMILES string of the molecule is C[C@@H](COC(COCC(O)CO)COCC(O)CO)COC(COCC(O)CO)OCCC(O)CO. The molecular formula is C22H46O14. The Bertz CT molecular complexity index is 402. The van der Waals surface area contributed by atoms with E-state index in [2.05, 4.69) is 0 Å². The van der Waals surface area contributed by atoms with E-state index in [0.717, 1.165) is 0 Å². The van der Waals surface area contributed by atoms with Gasteiger partial charge in [-0.2, -0.15) is 0 Å². The number of rotatable bonds is 26. The summed E-state index contributed by atoms with van der Waals surface area (Å²) in [6.45, 7) is 0.416. The Kier molecular flexibility index (Phi) is 23.2. The van der Waals surface area contributed by atoms with Crippen molar-refractivity contribution in [1.82, 2.24) is 0 Å². The average Bonchev–Trinajstić information content (AvgIpc) is 2.88. The van der Waals surface area contributed by atoms with Crippen LogP contribution in [0.4, 0.5) is 0 Å². The average molecular weight is 535 g/mol. The zero-order valence-electron chi connectivity index (χ0n) is 21.0. The largest absolute Gasteiger partial charge is 0.394 e. The molecule has 0 aromatic rings. The molecule has 14 nitrogen and oxygen atoms in total. The van der Waals surface area contributed by atoms with Crippen molar-refractivity contribution < 1.29 is 69.3 Å². The monoisotopic (exact) mass is 534 g/mol. The molecule has 36 heavy (non-hydrogen) atoms. The van der Waals surface area contributed by atoms with Crippen molar-refractivity contribution in [3.63, 3.8) is 0 Å². The molecule has 0 aromatic carbocycles. The van der Waals surface area contributed by atoms with E-state index in [4.69, 9.17) is 48.8 Å². The molecule has 0 aliphatic carbocycles. The minimum atomic E-state index is -1.03. The van der Waals surface area contributed by atoms with Gasteiger partial charge in [-0.05, 0) is 6.42 Å². The highest BCUT2D eigenvalue weighted by Gasteiger charge is 2.18. The smallest absolute Gasteiger partial charge is 0.180 e. The lowest BCUT2D eigenvalue weighted by molar-refractivity contribution is -0.188. The summed E-state index contributed by atoms with van der Waals surface area (Å²) >= 11 is 0. The second-order valence-electron chi connectivity index (χ2n) is 8.44. The van der Waals surface area contributed by atoms with Crippen molar-refractivity contribution >= 4 is 0 Å². The van der Waals surface area contributed by atoms with Crippen LogP contribution in [0.25, 0.3) is 0 Å². The number of aliphatic hydroxyl groups excluding tert-OH is 8. The first kappa shape index (κ1) is 35.4. The lowest BCUT2D eigenvalue weighted by atomic mass is 10.2. The summed E-state index contributed by atoms with van der Waals surface area (Å²) in [7, 11) is 0. The second-order valence-corrected chi connectivity index (χ2v) is 8.44. The Labute approximate surface area is 211 Å². The standard InChI is InChI=1S/C22H46O14/c1-16(8-35-21(13-31-10-18(28)5-24)14-32-11-19(29)6-25)9-36-22(15-33-12-20(30)7-26)34-3-2-17(27)4-23/h16-30H,2-15H2,1H3/t16-,17?,18?,19?,20?,21?,22?/m0/s1. The quantitative estimate of drug-likeness (QED) is 0.0500. The van der Waals surface area contributed by atoms with Crippen molar-refractivity contribution in [3.05, 3.63) is 0 Å². The molecule has 0 saturated carbocycles. The topological polar surface area (TPSA) is 217 Å². The molecule has 0 aliphatic rings. The van der Waals surface area contributed by atoms with E-state index in [1.807, 2.05) is 6.92 Å². The molecule has 0 aliphatic heterocycles. The van der Waals surface area contributed by atoms with Crippen LogP contribution in [0.5, 0.6) is 0 Å². The van der Waals surface area contributed by atoms with Crippen LogP contribution in [-0.2, 0) is 28.4 Å². The fraction of sp³-hybridized carbons (Fsp3) is 1.00. The molecule has 0 bridgehead atoms. The maximum absolute atomic E-state index is 9.45. The molecule has 0 fully saturated rings. The van der Waals surface area contributed by atoms with E-state index >= 15 is 0 Å². The number of hydrogen-bond acceptors (Lipinski definition) is 14. The highest BCUT2D eigenvalue weighted by Crippen LogP contribution is 2.07. The first-order chi connectivity index (χ1) is 17.2. The summed E-state index contributed by atoms with van der Waals surface area (Å²) in [5.74, 6) is -0.129. The zero-order chi connectivity index (χ0) is 27.2. The Morgan fingerprint density at radius 2 is 0.944 bits per heavy atom. The third-order valence-electron chi connectivity index (χ3n) is 4.57. The molecule has 0 radical (unpaired) electrons. The van der Waals surface area contributed by atoms with Gasteiger partial charge < -0.3 is 69.3 Å². The summed E-state index contributed by atoms with van der Waals surface area (Å²) in [5.41, 5.74) is 0. The Balaban J connectivity index is 4.60. The van der Waals surface area contributed by atoms with Gasteiger partial charge in [0, 0.05) is 5.92 Å². The third kappa shape index (κ3) is 20.5. The highest BCUT2D eigenvalue weighted by molar-refractivity contribution is 4.62. The van der Waals surface area contributed by atoms with Gasteiger partial charge in [0.25, 0.3) is 0 Å². The van der Waals surface area contributed by atoms with Crippen LogP contribution < -0.4 is 0 Å². The molecule has 0 heterocycles. The van der Waals surface area contributed by atoms with Crippen LogP contribution in [-0.4, -0.2) is 164 Å². The van der Waals surface area contributed by atoms with Gasteiger partial charge in [-0.25, -0.2) is 0 Å². The summed E-state index contributed by atoms with van der Waals surface area (Å²) in [6, 6.07) is 0. The van der Waals surface area contributed by atoms with Crippen molar-refractivity contribution in [1.29, 1.82) is 0 Å². The minimum Gasteiger partial charge on any atom is -0.394 e. The zero-order valence-corrected chi connectivity index (χ0v) is 21.0. The number of aliphatic hydroxyl groups is 8. The van der Waals surface area contributed by atoms with Gasteiger partial charge in [-0.3, -0.25) is 0 Å². The second kappa shape index (κ2) is 23.5. The molecule has 0 rings (SSSR count). The molecule has 0 spiro atoms. The van der Waals surface area contributed by atoms with E-state index in [0.29, 0.717) is 0 Å². The number of ether oxygens (including phenoxy) is 6. The predicted octanol–water partition coefficient (Wildman–Crippen LogP) is -3.78. The van der Waals surface area contributed by atoms with Crippen molar-refractivity contribution in [2.24, 2.45) is 5.92 Å². The maximum Gasteiger partial charge on any atom is 0.180 e. The van der Waals surface area contributed by atoms with Gasteiger partial charge in [0.2, 0.25) is 0 Å². The van der Waals surface area contributed by atoms with Crippen LogP contribution in [0.15, 0.2) is 0 Å². The van der Waals surface area contributed by atoms with E-state index in [1.165, 1.54) is 0 Å². The Hall–Kier alpha value is -0.560. The van der Waals surface area contributed by atoms with Crippen LogP contribution in [0.2, 0.25) is 0 Å². The molecule has 0 amide bonds. The van der Waals surface area contributed by atoms with Crippen molar-refractivity contribution in [3.8, 4) is 0 Å². The first-order valence-electron chi connectivity index (χ1n) is 12.0. The normalized spacial score (nSPS) is 17.9. The van der Waals surface area contributed by atoms with E-state index in [1.54, 1.807) is 0 Å². The van der Waals surface area contributed by atoms with Gasteiger partial charge in [0.15, 0.2) is 6.29 Å². The number of hydrogen-bond donors (Lipinski definition) is 8. The van der Waals surface area contributed by atoms with Crippen LogP contribution in [0, 0.1) is 5.92 Å². The molecule has 6 atom stereocenters. The highest BCUT2D eigenvalue weighted by atomic mass is 16.7. The Morgan fingerprint density at radius 3 is 1.42 bits per heavy atom. The molecule has 218 valence electrons. The lowest BCUT2D eigenvalue weighted by Gasteiger charge is -2.24. The fourth-order valence-corrected chi connectivity index (χ4v) is 2.47. The van der Waals surface area contributed by atoms with Crippen molar-refractivity contribution in [2.75, 3.05) is 85.9 Å². The summed E-state index contributed by atoms with van der Waals surface area (Å²) < 4.78 is 33.0. The van der Waals surface area contributed by atoms with E-state index in [-0.39, 0.29) is 71.8 Å². The van der Waals surface area contributed by atoms with Gasteiger partial charge in [-0.15, -0.1) is 0 Å². The minimum absolute atomic E-state index is 0.0372. The fourth-order valence-electron chi connectivity index (χ4n) is 2.47. The lowest BCUT2D eigenvalue weighted by Crippen LogP contribution is -2.33. The maximum atomic E-state index is 9.45. The van der Waals surface area contributed by atoms with Crippen LogP contribution >= 0.6 is 0 Å². The molecule has 5 unspecified atom stereocenters. The van der Waals surface area contributed by atoms with Gasteiger partial charge in [-0.1, -0.05) is 6.92 Å². The molecule has 8 N–H and O–H groups in total. The van der Waals surface area contributed by atoms with Crippen molar-refractivity contribution in [2.45, 2.75) is 50.2 Å². The van der Waals surface area contributed by atoms with Crippen LogP contribution in [0.1, 0.15) is 13.3 Å². The molecule has 0 aromatic heterocycles. The van der Waals surface area contributed by atoms with Gasteiger partial charge in [0.05, 0.1) is 92.0 Å². The molecule has 0 saturated heterocycles. The third-order valence-corrected chi connectivity index (χ3v) is 4.57.